The molecule has 0 aliphatic carbocycles. The lowest BCUT2D eigenvalue weighted by Crippen LogP contribution is -2.35. The first-order chi connectivity index (χ1) is 7.50. The van der Waals surface area contributed by atoms with Gasteiger partial charge in [0.1, 0.15) is 6.04 Å². The lowest BCUT2D eigenvalue weighted by molar-refractivity contribution is -0.139. The van der Waals surface area contributed by atoms with Crippen molar-refractivity contribution in [1.82, 2.24) is 5.32 Å². The topological polar surface area (TPSA) is 49.3 Å². The molecule has 0 saturated carbocycles. The van der Waals surface area contributed by atoms with Crippen molar-refractivity contribution in [3.05, 3.63) is 34.9 Å². The molecule has 1 unspecified atom stereocenters. The summed E-state index contributed by atoms with van der Waals surface area (Å²) in [6.07, 6.45) is 0. The van der Waals surface area contributed by atoms with Gasteiger partial charge in [-0.3, -0.25) is 4.79 Å². The number of hydrogen-bond donors (Lipinski definition) is 2. The van der Waals surface area contributed by atoms with Crippen LogP contribution in [0.25, 0.3) is 0 Å². The van der Waals surface area contributed by atoms with Crippen molar-refractivity contribution < 1.29 is 9.90 Å². The average Bonchev–Trinajstić information content (AvgIpc) is 2.25. The molecule has 0 spiro atoms. The largest absolute Gasteiger partial charge is 0.480 e. The molecule has 0 bridgehead atoms. The van der Waals surface area contributed by atoms with Crippen LogP contribution in [0.1, 0.15) is 25.3 Å². The first-order valence-corrected chi connectivity index (χ1v) is 5.60. The fourth-order valence-corrected chi connectivity index (χ4v) is 1.57. The molecule has 4 heteroatoms. The molecule has 16 heavy (non-hydrogen) atoms. The van der Waals surface area contributed by atoms with Crippen LogP contribution >= 0.6 is 11.6 Å². The third-order valence-corrected chi connectivity index (χ3v) is 2.75. The van der Waals surface area contributed by atoms with Gasteiger partial charge in [0.25, 0.3) is 0 Å². The Kier molecular flexibility index (Phi) is 4.77. The number of nitrogens with one attached hydrogen (secondary N) is 1. The lowest BCUT2D eigenvalue weighted by Gasteiger charge is -2.15. The molecule has 0 heterocycles. The summed E-state index contributed by atoms with van der Waals surface area (Å²) in [5.41, 5.74) is 1.11. The highest BCUT2D eigenvalue weighted by Crippen LogP contribution is 2.18. The van der Waals surface area contributed by atoms with E-state index in [2.05, 4.69) is 5.32 Å². The number of hydrogen-bond acceptors (Lipinski definition) is 2. The summed E-state index contributed by atoms with van der Waals surface area (Å²) in [6, 6.07) is 7.09. The quantitative estimate of drug-likeness (QED) is 0.833. The third kappa shape index (κ3) is 3.83. The van der Waals surface area contributed by atoms with E-state index in [1.165, 1.54) is 0 Å². The van der Waals surface area contributed by atoms with Gasteiger partial charge in [0.2, 0.25) is 0 Å². The molecule has 0 aliphatic heterocycles. The number of carbonyl (C=O) groups is 1. The molecule has 0 aliphatic rings. The Morgan fingerprint density at radius 2 is 2.19 bits per heavy atom. The highest BCUT2D eigenvalue weighted by molar-refractivity contribution is 6.30. The molecule has 2 N–H and O–H groups in total. The minimum absolute atomic E-state index is 0.237. The fourth-order valence-electron chi connectivity index (χ4n) is 1.37. The predicted molar refractivity (Wildman–Crippen MR) is 65.0 cm³/mol. The second-order valence-electron chi connectivity index (χ2n) is 3.92. The summed E-state index contributed by atoms with van der Waals surface area (Å²) in [5.74, 6) is -0.598. The molecule has 0 radical (unpaired) electrons. The maximum atomic E-state index is 10.6. The van der Waals surface area contributed by atoms with E-state index in [1.54, 1.807) is 6.92 Å². The summed E-state index contributed by atoms with van der Waals surface area (Å²) in [4.78, 5) is 10.6. The van der Waals surface area contributed by atoms with Crippen molar-refractivity contribution in [2.45, 2.75) is 25.8 Å². The SMILES string of the molecule is CC(CN[C@@H](C)C(=O)O)c1cccc(Cl)c1. The summed E-state index contributed by atoms with van der Waals surface area (Å²) >= 11 is 5.89. The van der Waals surface area contributed by atoms with E-state index in [0.29, 0.717) is 11.6 Å². The summed E-state index contributed by atoms with van der Waals surface area (Å²) in [6.45, 7) is 4.29. The van der Waals surface area contributed by atoms with Crippen molar-refractivity contribution in [2.24, 2.45) is 0 Å². The summed E-state index contributed by atoms with van der Waals surface area (Å²) in [5, 5.41) is 12.4. The normalized spacial score (nSPS) is 14.4. The van der Waals surface area contributed by atoms with Gasteiger partial charge in [0.05, 0.1) is 0 Å². The minimum atomic E-state index is -0.835. The molecule has 88 valence electrons. The number of rotatable bonds is 5. The number of carboxylic acid groups (broad SMARTS) is 1. The van der Waals surface area contributed by atoms with Crippen LogP contribution in [0.5, 0.6) is 0 Å². The minimum Gasteiger partial charge on any atom is -0.480 e. The van der Waals surface area contributed by atoms with Crippen LogP contribution in [-0.2, 0) is 4.79 Å². The number of halogens is 1. The Balaban J connectivity index is 2.52. The molecule has 2 atom stereocenters. The highest BCUT2D eigenvalue weighted by Gasteiger charge is 2.12. The van der Waals surface area contributed by atoms with Crippen LogP contribution in [0.4, 0.5) is 0 Å². The number of aliphatic carboxylic acids is 1. The van der Waals surface area contributed by atoms with Crippen molar-refractivity contribution in [2.75, 3.05) is 6.54 Å². The van der Waals surface area contributed by atoms with Gasteiger partial charge in [-0.15, -0.1) is 0 Å². The second-order valence-corrected chi connectivity index (χ2v) is 4.36. The van der Waals surface area contributed by atoms with Gasteiger partial charge in [-0.2, -0.15) is 0 Å². The highest BCUT2D eigenvalue weighted by atomic mass is 35.5. The second kappa shape index (κ2) is 5.87. The Morgan fingerprint density at radius 1 is 1.50 bits per heavy atom. The predicted octanol–water partition coefficient (Wildman–Crippen LogP) is 2.51. The molecule has 1 aromatic rings. The monoisotopic (exact) mass is 241 g/mol. The molecule has 0 amide bonds. The fraction of sp³-hybridized carbons (Fsp3) is 0.417. The number of carboxylic acids is 1. The van der Waals surface area contributed by atoms with E-state index in [0.717, 1.165) is 5.56 Å². The van der Waals surface area contributed by atoms with E-state index in [-0.39, 0.29) is 5.92 Å². The zero-order valence-corrected chi connectivity index (χ0v) is 10.2. The van der Waals surface area contributed by atoms with Crippen LogP contribution < -0.4 is 5.32 Å². The standard InChI is InChI=1S/C12H16ClNO2/c1-8(7-14-9(2)12(15)16)10-4-3-5-11(13)6-10/h3-6,8-9,14H,7H2,1-2H3,(H,15,16)/t8?,9-/m0/s1. The molecule has 1 rings (SSSR count). The number of benzene rings is 1. The maximum Gasteiger partial charge on any atom is 0.320 e. The van der Waals surface area contributed by atoms with Crippen LogP contribution in [0, 0.1) is 0 Å². The molecule has 0 saturated heterocycles. The van der Waals surface area contributed by atoms with E-state index >= 15 is 0 Å². The Labute approximate surface area is 100 Å². The van der Waals surface area contributed by atoms with Gasteiger partial charge >= 0.3 is 5.97 Å². The molecular weight excluding hydrogens is 226 g/mol. The Bertz CT molecular complexity index is 368. The molecule has 0 aromatic heterocycles. The molecular formula is C12H16ClNO2. The van der Waals surface area contributed by atoms with E-state index in [9.17, 15) is 4.79 Å². The first kappa shape index (κ1) is 13.0. The van der Waals surface area contributed by atoms with Crippen molar-refractivity contribution >= 4 is 17.6 Å². The molecule has 0 fully saturated rings. The van der Waals surface area contributed by atoms with Crippen LogP contribution in [0.3, 0.4) is 0 Å². The van der Waals surface area contributed by atoms with E-state index in [4.69, 9.17) is 16.7 Å². The van der Waals surface area contributed by atoms with Crippen LogP contribution in [-0.4, -0.2) is 23.7 Å². The van der Waals surface area contributed by atoms with Crippen LogP contribution in [0.2, 0.25) is 5.02 Å². The Morgan fingerprint density at radius 3 is 2.75 bits per heavy atom. The smallest absolute Gasteiger partial charge is 0.320 e. The zero-order valence-electron chi connectivity index (χ0n) is 9.40. The first-order valence-electron chi connectivity index (χ1n) is 5.22. The van der Waals surface area contributed by atoms with Crippen molar-refractivity contribution in [3.8, 4) is 0 Å². The van der Waals surface area contributed by atoms with Gasteiger partial charge in [-0.1, -0.05) is 30.7 Å². The molecule has 3 nitrogen and oxygen atoms in total. The van der Waals surface area contributed by atoms with Crippen molar-refractivity contribution in [3.63, 3.8) is 0 Å². The van der Waals surface area contributed by atoms with Gasteiger partial charge in [0.15, 0.2) is 0 Å². The van der Waals surface area contributed by atoms with Gasteiger partial charge in [-0.25, -0.2) is 0 Å². The van der Waals surface area contributed by atoms with E-state index < -0.39 is 12.0 Å². The van der Waals surface area contributed by atoms with Gasteiger partial charge < -0.3 is 10.4 Å². The molecule has 1 aromatic carbocycles. The summed E-state index contributed by atoms with van der Waals surface area (Å²) < 4.78 is 0. The lowest BCUT2D eigenvalue weighted by atomic mass is 10.0. The average molecular weight is 242 g/mol. The maximum absolute atomic E-state index is 10.6. The van der Waals surface area contributed by atoms with Gasteiger partial charge in [0, 0.05) is 11.6 Å². The summed E-state index contributed by atoms with van der Waals surface area (Å²) in [7, 11) is 0. The third-order valence-electron chi connectivity index (χ3n) is 2.52. The Hall–Kier alpha value is -1.06. The van der Waals surface area contributed by atoms with Gasteiger partial charge in [-0.05, 0) is 30.5 Å². The van der Waals surface area contributed by atoms with Crippen molar-refractivity contribution in [1.29, 1.82) is 0 Å². The van der Waals surface area contributed by atoms with E-state index in [1.807, 2.05) is 31.2 Å². The zero-order chi connectivity index (χ0) is 12.1. The van der Waals surface area contributed by atoms with Crippen LogP contribution in [0.15, 0.2) is 24.3 Å².